The summed E-state index contributed by atoms with van der Waals surface area (Å²) in [7, 11) is -1.06. The summed E-state index contributed by atoms with van der Waals surface area (Å²) < 4.78 is 44.0. The maximum Gasteiger partial charge on any atom is 0.293 e. The van der Waals surface area contributed by atoms with Crippen molar-refractivity contribution in [1.29, 1.82) is 0 Å². The van der Waals surface area contributed by atoms with E-state index in [1.807, 2.05) is 0 Å². The average Bonchev–Trinajstić information content (AvgIpc) is 3.42. The predicted molar refractivity (Wildman–Crippen MR) is 111 cm³/mol. The molecular formula is C21H20N2O6S. The van der Waals surface area contributed by atoms with Gasteiger partial charge in [-0.3, -0.25) is 9.52 Å². The van der Waals surface area contributed by atoms with Crippen molar-refractivity contribution >= 4 is 27.3 Å². The molecular weight excluding hydrogens is 408 g/mol. The Morgan fingerprint density at radius 1 is 1.10 bits per heavy atom. The number of nitrogens with one attached hydrogen (secondary N) is 1. The Labute approximate surface area is 174 Å². The van der Waals surface area contributed by atoms with Crippen molar-refractivity contribution in [3.63, 3.8) is 0 Å². The van der Waals surface area contributed by atoms with Crippen LogP contribution in [0.1, 0.15) is 16.1 Å². The van der Waals surface area contributed by atoms with Gasteiger partial charge < -0.3 is 18.8 Å². The minimum Gasteiger partial charge on any atom is -0.497 e. The van der Waals surface area contributed by atoms with Crippen LogP contribution in [-0.2, 0) is 16.4 Å². The number of sulfonamides is 1. The Kier molecular flexibility index (Phi) is 5.13. The second-order valence-corrected chi connectivity index (χ2v) is 8.30. The zero-order chi connectivity index (χ0) is 21.3. The van der Waals surface area contributed by atoms with E-state index < -0.39 is 10.0 Å². The number of anilines is 2. The molecule has 0 spiro atoms. The molecule has 4 rings (SSSR count). The zero-order valence-corrected chi connectivity index (χ0v) is 17.2. The van der Waals surface area contributed by atoms with Crippen LogP contribution in [0.4, 0.5) is 11.4 Å². The number of rotatable bonds is 6. The molecule has 1 amide bonds. The van der Waals surface area contributed by atoms with Crippen LogP contribution in [0.15, 0.2) is 64.1 Å². The highest BCUT2D eigenvalue weighted by molar-refractivity contribution is 7.92. The molecule has 9 heteroatoms. The number of methoxy groups -OCH3 is 2. The van der Waals surface area contributed by atoms with Crippen molar-refractivity contribution in [2.24, 2.45) is 0 Å². The Morgan fingerprint density at radius 2 is 1.93 bits per heavy atom. The minimum atomic E-state index is -3.92. The number of nitrogens with zero attached hydrogens (tertiary/aromatic N) is 1. The van der Waals surface area contributed by atoms with E-state index >= 15 is 0 Å². The predicted octanol–water partition coefficient (Wildman–Crippen LogP) is 3.30. The first-order valence-corrected chi connectivity index (χ1v) is 10.6. The number of carbonyl (C=O) groups excluding carboxylic acids is 1. The van der Waals surface area contributed by atoms with Crippen LogP contribution in [0.2, 0.25) is 0 Å². The van der Waals surface area contributed by atoms with Crippen LogP contribution in [0.25, 0.3) is 0 Å². The molecule has 0 bridgehead atoms. The maximum atomic E-state index is 13.0. The van der Waals surface area contributed by atoms with Crippen molar-refractivity contribution in [2.45, 2.75) is 11.3 Å². The maximum absolute atomic E-state index is 13.0. The molecule has 2 aromatic carbocycles. The first-order chi connectivity index (χ1) is 14.4. The summed E-state index contributed by atoms with van der Waals surface area (Å²) in [5, 5.41) is 0. The Hall–Kier alpha value is -3.46. The third-order valence-electron chi connectivity index (χ3n) is 4.86. The summed E-state index contributed by atoms with van der Waals surface area (Å²) in [5.74, 6) is 0.642. The molecule has 1 aromatic heterocycles. The zero-order valence-electron chi connectivity index (χ0n) is 16.4. The van der Waals surface area contributed by atoms with E-state index in [9.17, 15) is 13.2 Å². The average molecular weight is 428 g/mol. The first kappa shape index (κ1) is 19.8. The highest BCUT2D eigenvalue weighted by Gasteiger charge is 2.28. The summed E-state index contributed by atoms with van der Waals surface area (Å²) in [4.78, 5) is 14.2. The second kappa shape index (κ2) is 7.75. The van der Waals surface area contributed by atoms with Crippen LogP contribution >= 0.6 is 0 Å². The fourth-order valence-electron chi connectivity index (χ4n) is 3.41. The standard InChI is InChI=1S/C21H20N2O6S/c1-27-16-6-8-18(28-2)20(13-16)30(25,26)22-15-5-7-17-14(12-15)9-10-23(17)21(24)19-4-3-11-29-19/h3-8,11-13,22H,9-10H2,1-2H3. The van der Waals surface area contributed by atoms with E-state index in [2.05, 4.69) is 4.72 Å². The lowest BCUT2D eigenvalue weighted by molar-refractivity contribution is 0.0963. The van der Waals surface area contributed by atoms with Gasteiger partial charge in [0, 0.05) is 24.0 Å². The number of carbonyl (C=O) groups is 1. The van der Waals surface area contributed by atoms with Gasteiger partial charge in [0.25, 0.3) is 15.9 Å². The Balaban J connectivity index is 1.61. The van der Waals surface area contributed by atoms with Crippen molar-refractivity contribution < 1.29 is 27.1 Å². The van der Waals surface area contributed by atoms with Crippen molar-refractivity contribution in [3.05, 3.63) is 66.1 Å². The Bertz CT molecular complexity index is 1190. The van der Waals surface area contributed by atoms with Crippen LogP contribution in [0.3, 0.4) is 0 Å². The number of benzene rings is 2. The number of furan rings is 1. The van der Waals surface area contributed by atoms with Gasteiger partial charge >= 0.3 is 0 Å². The molecule has 30 heavy (non-hydrogen) atoms. The molecule has 3 aromatic rings. The van der Waals surface area contributed by atoms with Crippen LogP contribution in [-0.4, -0.2) is 35.1 Å². The lowest BCUT2D eigenvalue weighted by atomic mass is 10.1. The highest BCUT2D eigenvalue weighted by atomic mass is 32.2. The van der Waals surface area contributed by atoms with E-state index in [1.54, 1.807) is 41.3 Å². The van der Waals surface area contributed by atoms with Gasteiger partial charge in [0.1, 0.15) is 16.4 Å². The van der Waals surface area contributed by atoms with Crippen LogP contribution < -0.4 is 19.1 Å². The summed E-state index contributed by atoms with van der Waals surface area (Å²) in [6.45, 7) is 0.495. The molecule has 0 unspecified atom stereocenters. The number of fused-ring (bicyclic) bond motifs is 1. The highest BCUT2D eigenvalue weighted by Crippen LogP contribution is 2.34. The van der Waals surface area contributed by atoms with Gasteiger partial charge in [-0.25, -0.2) is 8.42 Å². The van der Waals surface area contributed by atoms with Gasteiger partial charge in [0.2, 0.25) is 0 Å². The largest absolute Gasteiger partial charge is 0.497 e. The summed E-state index contributed by atoms with van der Waals surface area (Å²) in [5.41, 5.74) is 2.00. The normalized spacial score (nSPS) is 13.1. The molecule has 1 aliphatic heterocycles. The monoisotopic (exact) mass is 428 g/mol. The summed E-state index contributed by atoms with van der Waals surface area (Å²) in [6, 6.07) is 12.9. The lowest BCUT2D eigenvalue weighted by Gasteiger charge is -2.17. The molecule has 2 heterocycles. The van der Waals surface area contributed by atoms with Crippen molar-refractivity contribution in [2.75, 3.05) is 30.4 Å². The third kappa shape index (κ3) is 3.59. The molecule has 0 saturated heterocycles. The summed E-state index contributed by atoms with van der Waals surface area (Å²) in [6.07, 6.45) is 2.06. The van der Waals surface area contributed by atoms with Gasteiger partial charge in [-0.2, -0.15) is 0 Å². The fourth-order valence-corrected chi connectivity index (χ4v) is 4.65. The molecule has 8 nitrogen and oxygen atoms in total. The number of amides is 1. The number of hydrogen-bond acceptors (Lipinski definition) is 6. The summed E-state index contributed by atoms with van der Waals surface area (Å²) >= 11 is 0. The minimum absolute atomic E-state index is 0.0283. The third-order valence-corrected chi connectivity index (χ3v) is 6.27. The molecule has 0 aliphatic carbocycles. The van der Waals surface area contributed by atoms with Crippen molar-refractivity contribution in [3.8, 4) is 11.5 Å². The van der Waals surface area contributed by atoms with E-state index in [0.717, 1.165) is 11.3 Å². The fraction of sp³-hybridized carbons (Fsp3) is 0.190. The van der Waals surface area contributed by atoms with Gasteiger partial charge in [-0.15, -0.1) is 0 Å². The van der Waals surface area contributed by atoms with Crippen LogP contribution in [0.5, 0.6) is 11.5 Å². The van der Waals surface area contributed by atoms with Gasteiger partial charge in [0.15, 0.2) is 5.76 Å². The van der Waals surface area contributed by atoms with Gasteiger partial charge in [-0.05, 0) is 54.4 Å². The van der Waals surface area contributed by atoms with Gasteiger partial charge in [0.05, 0.1) is 20.5 Å². The first-order valence-electron chi connectivity index (χ1n) is 9.16. The molecule has 0 saturated carbocycles. The SMILES string of the molecule is COc1ccc(OC)c(S(=O)(=O)Nc2ccc3c(c2)CCN3C(=O)c2ccco2)c1. The van der Waals surface area contributed by atoms with E-state index in [4.69, 9.17) is 13.9 Å². The smallest absolute Gasteiger partial charge is 0.293 e. The second-order valence-electron chi connectivity index (χ2n) is 6.65. The molecule has 0 radical (unpaired) electrons. The Morgan fingerprint density at radius 3 is 2.63 bits per heavy atom. The van der Waals surface area contributed by atoms with E-state index in [-0.39, 0.29) is 22.3 Å². The quantitative estimate of drug-likeness (QED) is 0.647. The molecule has 156 valence electrons. The van der Waals surface area contributed by atoms with E-state index in [0.29, 0.717) is 24.4 Å². The number of ether oxygens (including phenoxy) is 2. The van der Waals surface area contributed by atoms with Crippen molar-refractivity contribution in [1.82, 2.24) is 0 Å². The van der Waals surface area contributed by atoms with Gasteiger partial charge in [-0.1, -0.05) is 0 Å². The van der Waals surface area contributed by atoms with E-state index in [1.165, 1.54) is 32.6 Å². The van der Waals surface area contributed by atoms with Crippen LogP contribution in [0, 0.1) is 0 Å². The molecule has 0 fully saturated rings. The molecule has 0 atom stereocenters. The molecule has 1 aliphatic rings. The molecule has 1 N–H and O–H groups in total. The topological polar surface area (TPSA) is 98.1 Å². The lowest BCUT2D eigenvalue weighted by Crippen LogP contribution is -2.28. The number of hydrogen-bond donors (Lipinski definition) is 1.